The minimum Gasteiger partial charge on any atom is -0.495 e. The molecule has 0 saturated carbocycles. The Morgan fingerprint density at radius 2 is 1.84 bits per heavy atom. The van der Waals surface area contributed by atoms with E-state index in [0.29, 0.717) is 28.1 Å². The maximum Gasteiger partial charge on any atom is 0.234 e. The molecule has 2 aromatic carbocycles. The highest BCUT2D eigenvalue weighted by Gasteiger charge is 2.16. The molecule has 31 heavy (non-hydrogen) atoms. The number of anilines is 2. The monoisotopic (exact) mass is 443 g/mol. The highest BCUT2D eigenvalue weighted by molar-refractivity contribution is 7.99. The predicted molar refractivity (Wildman–Crippen MR) is 117 cm³/mol. The number of amides is 2. The third kappa shape index (κ3) is 5.82. The van der Waals surface area contributed by atoms with E-state index >= 15 is 0 Å². The summed E-state index contributed by atoms with van der Waals surface area (Å²) in [4.78, 5) is 24.6. The van der Waals surface area contributed by atoms with Crippen molar-refractivity contribution < 1.29 is 18.7 Å². The maximum absolute atomic E-state index is 13.4. The smallest absolute Gasteiger partial charge is 0.234 e. The zero-order chi connectivity index (χ0) is 22.4. The molecule has 2 amide bonds. The average Bonchev–Trinajstić information content (AvgIpc) is 3.09. The Morgan fingerprint density at radius 1 is 1.10 bits per heavy atom. The van der Waals surface area contributed by atoms with Crippen molar-refractivity contribution in [3.8, 4) is 5.75 Å². The molecule has 8 nitrogen and oxygen atoms in total. The minimum atomic E-state index is -0.419. The SMILES string of the molecule is COc1ccccc1NC(=O)Cc1nnc(SCC(=O)Nc2cc(F)ccc2C)n1C. The van der Waals surface area contributed by atoms with Crippen molar-refractivity contribution in [3.63, 3.8) is 0 Å². The molecule has 1 aromatic heterocycles. The molecule has 0 saturated heterocycles. The van der Waals surface area contributed by atoms with E-state index in [1.54, 1.807) is 42.8 Å². The van der Waals surface area contributed by atoms with Crippen molar-refractivity contribution in [1.82, 2.24) is 14.8 Å². The fourth-order valence-corrected chi connectivity index (χ4v) is 3.49. The summed E-state index contributed by atoms with van der Waals surface area (Å²) in [5.41, 5.74) is 1.76. The van der Waals surface area contributed by atoms with Crippen LogP contribution in [0.3, 0.4) is 0 Å². The Balaban J connectivity index is 1.56. The van der Waals surface area contributed by atoms with Crippen LogP contribution in [-0.2, 0) is 23.1 Å². The molecular weight excluding hydrogens is 421 g/mol. The van der Waals surface area contributed by atoms with Crippen molar-refractivity contribution in [2.75, 3.05) is 23.5 Å². The summed E-state index contributed by atoms with van der Waals surface area (Å²) in [6, 6.07) is 11.3. The van der Waals surface area contributed by atoms with Gasteiger partial charge in [0.25, 0.3) is 0 Å². The molecule has 0 atom stereocenters. The van der Waals surface area contributed by atoms with Gasteiger partial charge in [-0.2, -0.15) is 0 Å². The van der Waals surface area contributed by atoms with E-state index < -0.39 is 5.82 Å². The summed E-state index contributed by atoms with van der Waals surface area (Å²) in [5.74, 6) is 0.0989. The Labute approximate surface area is 183 Å². The van der Waals surface area contributed by atoms with Gasteiger partial charge in [-0.1, -0.05) is 30.0 Å². The number of ether oxygens (including phenoxy) is 1. The van der Waals surface area contributed by atoms with E-state index in [1.165, 1.54) is 31.0 Å². The zero-order valence-electron chi connectivity index (χ0n) is 17.3. The first-order chi connectivity index (χ1) is 14.9. The average molecular weight is 444 g/mol. The van der Waals surface area contributed by atoms with Gasteiger partial charge in [0.15, 0.2) is 5.16 Å². The number of nitrogens with zero attached hydrogens (tertiary/aromatic N) is 3. The second-order valence-electron chi connectivity index (χ2n) is 6.68. The highest BCUT2D eigenvalue weighted by atomic mass is 32.2. The van der Waals surface area contributed by atoms with Gasteiger partial charge < -0.3 is 19.9 Å². The first kappa shape index (κ1) is 22.3. The number of carbonyl (C=O) groups is 2. The molecule has 0 aliphatic heterocycles. The van der Waals surface area contributed by atoms with Gasteiger partial charge in [-0.25, -0.2) is 4.39 Å². The molecule has 0 fully saturated rings. The van der Waals surface area contributed by atoms with Crippen LogP contribution in [0.4, 0.5) is 15.8 Å². The minimum absolute atomic E-state index is 0.0107. The van der Waals surface area contributed by atoms with Gasteiger partial charge in [0.2, 0.25) is 11.8 Å². The number of nitrogens with one attached hydrogen (secondary N) is 2. The lowest BCUT2D eigenvalue weighted by Crippen LogP contribution is -2.18. The number of benzene rings is 2. The summed E-state index contributed by atoms with van der Waals surface area (Å²) < 4.78 is 20.3. The molecule has 162 valence electrons. The van der Waals surface area contributed by atoms with E-state index in [2.05, 4.69) is 20.8 Å². The summed E-state index contributed by atoms with van der Waals surface area (Å²) in [5, 5.41) is 14.1. The molecule has 2 N–H and O–H groups in total. The van der Waals surface area contributed by atoms with Gasteiger partial charge in [-0.05, 0) is 36.8 Å². The van der Waals surface area contributed by atoms with Crippen molar-refractivity contribution in [2.24, 2.45) is 7.05 Å². The second-order valence-corrected chi connectivity index (χ2v) is 7.62. The van der Waals surface area contributed by atoms with E-state index in [9.17, 15) is 14.0 Å². The van der Waals surface area contributed by atoms with Crippen LogP contribution in [-0.4, -0.2) is 39.4 Å². The van der Waals surface area contributed by atoms with Gasteiger partial charge >= 0.3 is 0 Å². The van der Waals surface area contributed by atoms with Crippen molar-refractivity contribution >= 4 is 35.0 Å². The Bertz CT molecular complexity index is 1100. The molecule has 10 heteroatoms. The number of thioether (sulfide) groups is 1. The molecule has 3 rings (SSSR count). The quantitative estimate of drug-likeness (QED) is 0.519. The normalized spacial score (nSPS) is 10.6. The molecule has 1 heterocycles. The number of aromatic nitrogens is 3. The van der Waals surface area contributed by atoms with Crippen LogP contribution in [0, 0.1) is 12.7 Å². The number of rotatable bonds is 8. The van der Waals surface area contributed by atoms with Gasteiger partial charge in [-0.3, -0.25) is 9.59 Å². The fraction of sp³-hybridized carbons (Fsp3) is 0.238. The molecule has 0 aliphatic carbocycles. The highest BCUT2D eigenvalue weighted by Crippen LogP contribution is 2.23. The number of methoxy groups -OCH3 is 1. The Kier molecular flexibility index (Phi) is 7.24. The molecule has 0 spiro atoms. The zero-order valence-corrected chi connectivity index (χ0v) is 18.1. The van der Waals surface area contributed by atoms with Crippen LogP contribution in [0.15, 0.2) is 47.6 Å². The lowest BCUT2D eigenvalue weighted by Gasteiger charge is -2.10. The first-order valence-corrected chi connectivity index (χ1v) is 10.4. The number of carbonyl (C=O) groups excluding carboxylic acids is 2. The largest absolute Gasteiger partial charge is 0.495 e. The van der Waals surface area contributed by atoms with E-state index in [1.807, 2.05) is 6.07 Å². The lowest BCUT2D eigenvalue weighted by atomic mass is 10.2. The molecule has 0 unspecified atom stereocenters. The van der Waals surface area contributed by atoms with Crippen molar-refractivity contribution in [2.45, 2.75) is 18.5 Å². The predicted octanol–water partition coefficient (Wildman–Crippen LogP) is 3.18. The fourth-order valence-electron chi connectivity index (χ4n) is 2.76. The lowest BCUT2D eigenvalue weighted by molar-refractivity contribution is -0.116. The standard InChI is InChI=1S/C21H22FN5O3S/c1-13-8-9-14(22)10-16(13)24-20(29)12-31-21-26-25-18(27(21)2)11-19(28)23-15-6-4-5-7-17(15)30-3/h4-10H,11-12H2,1-3H3,(H,23,28)(H,24,29). The maximum atomic E-state index is 13.4. The third-order valence-electron chi connectivity index (χ3n) is 4.43. The Morgan fingerprint density at radius 3 is 2.61 bits per heavy atom. The second kappa shape index (κ2) is 10.1. The molecule has 3 aromatic rings. The van der Waals surface area contributed by atoms with Crippen molar-refractivity contribution in [3.05, 3.63) is 59.7 Å². The number of aryl methyl sites for hydroxylation is 1. The van der Waals surface area contributed by atoms with E-state index in [0.717, 1.165) is 5.56 Å². The van der Waals surface area contributed by atoms with Crippen LogP contribution in [0.1, 0.15) is 11.4 Å². The van der Waals surface area contributed by atoms with Gasteiger partial charge in [0.1, 0.15) is 17.4 Å². The topological polar surface area (TPSA) is 98.1 Å². The molecule has 0 aliphatic rings. The van der Waals surface area contributed by atoms with Gasteiger partial charge in [0.05, 0.1) is 25.0 Å². The van der Waals surface area contributed by atoms with Gasteiger partial charge in [0, 0.05) is 12.7 Å². The number of halogens is 1. The third-order valence-corrected chi connectivity index (χ3v) is 5.45. The summed E-state index contributed by atoms with van der Waals surface area (Å²) in [6.07, 6.45) is 0.0107. The van der Waals surface area contributed by atoms with Crippen LogP contribution in [0.2, 0.25) is 0 Å². The van der Waals surface area contributed by atoms with Crippen molar-refractivity contribution in [1.29, 1.82) is 0 Å². The Hall–Kier alpha value is -3.40. The first-order valence-electron chi connectivity index (χ1n) is 9.37. The number of hydrogen-bond acceptors (Lipinski definition) is 6. The number of para-hydroxylation sites is 2. The summed E-state index contributed by atoms with van der Waals surface area (Å²) >= 11 is 1.17. The van der Waals surface area contributed by atoms with Crippen LogP contribution in [0.25, 0.3) is 0 Å². The molecular formula is C21H22FN5O3S. The molecule has 0 bridgehead atoms. The molecule has 0 radical (unpaired) electrons. The summed E-state index contributed by atoms with van der Waals surface area (Å²) in [7, 11) is 3.26. The van der Waals surface area contributed by atoms with Crippen LogP contribution < -0.4 is 15.4 Å². The summed E-state index contributed by atoms with van der Waals surface area (Å²) in [6.45, 7) is 1.78. The van der Waals surface area contributed by atoms with Crippen LogP contribution >= 0.6 is 11.8 Å². The van der Waals surface area contributed by atoms with E-state index in [4.69, 9.17) is 4.74 Å². The number of hydrogen-bond donors (Lipinski definition) is 2. The van der Waals surface area contributed by atoms with Crippen LogP contribution in [0.5, 0.6) is 5.75 Å². The van der Waals surface area contributed by atoms with E-state index in [-0.39, 0.29) is 24.0 Å². The van der Waals surface area contributed by atoms with Gasteiger partial charge in [-0.15, -0.1) is 10.2 Å².